The minimum absolute atomic E-state index is 0.424. The van der Waals surface area contributed by atoms with Crippen LogP contribution >= 0.6 is 11.6 Å². The van der Waals surface area contributed by atoms with E-state index in [-0.39, 0.29) is 0 Å². The molecule has 0 aliphatic heterocycles. The summed E-state index contributed by atoms with van der Waals surface area (Å²) in [5.41, 5.74) is 8.74. The number of rotatable bonds is 4. The van der Waals surface area contributed by atoms with E-state index in [4.69, 9.17) is 21.9 Å². The van der Waals surface area contributed by atoms with Gasteiger partial charge in [0.15, 0.2) is 0 Å². The standard InChI is InChI=1S/C9H10ClN3O/c1-2-6-14-9-7(10)4-3-5-8(9)12-13-11/h3-5H,2,6H2,1H3. The van der Waals surface area contributed by atoms with Gasteiger partial charge < -0.3 is 4.74 Å². The molecule has 0 N–H and O–H groups in total. The number of para-hydroxylation sites is 1. The molecule has 0 radical (unpaired) electrons. The first-order valence-corrected chi connectivity index (χ1v) is 4.63. The van der Waals surface area contributed by atoms with Crippen LogP contribution in [0.3, 0.4) is 0 Å². The molecule has 0 aromatic heterocycles. The SMILES string of the molecule is CCCOc1c(Cl)cccc1N=[N+]=[N-]. The lowest BCUT2D eigenvalue weighted by Gasteiger charge is -2.08. The zero-order chi connectivity index (χ0) is 10.4. The number of benzene rings is 1. The highest BCUT2D eigenvalue weighted by molar-refractivity contribution is 6.32. The first-order chi connectivity index (χ1) is 6.79. The van der Waals surface area contributed by atoms with Gasteiger partial charge in [-0.15, -0.1) is 0 Å². The molecule has 1 aromatic rings. The lowest BCUT2D eigenvalue weighted by atomic mass is 10.3. The average Bonchev–Trinajstić information content (AvgIpc) is 2.18. The van der Waals surface area contributed by atoms with E-state index in [1.54, 1.807) is 18.2 Å². The van der Waals surface area contributed by atoms with Gasteiger partial charge in [-0.1, -0.05) is 29.7 Å². The Hall–Kier alpha value is -1.38. The van der Waals surface area contributed by atoms with Crippen LogP contribution in [0.1, 0.15) is 13.3 Å². The Morgan fingerprint density at radius 1 is 1.57 bits per heavy atom. The number of hydrogen-bond donors (Lipinski definition) is 0. The lowest BCUT2D eigenvalue weighted by molar-refractivity contribution is 0.319. The highest BCUT2D eigenvalue weighted by Gasteiger charge is 2.05. The Balaban J connectivity index is 3.02. The average molecular weight is 212 g/mol. The van der Waals surface area contributed by atoms with Crippen LogP contribution in [0.15, 0.2) is 23.3 Å². The van der Waals surface area contributed by atoms with Crippen LogP contribution in [-0.4, -0.2) is 6.61 Å². The van der Waals surface area contributed by atoms with Crippen molar-refractivity contribution < 1.29 is 4.74 Å². The molecule has 1 aromatic carbocycles. The topological polar surface area (TPSA) is 58.0 Å². The molecule has 0 heterocycles. The van der Waals surface area contributed by atoms with Gasteiger partial charge in [0, 0.05) is 4.91 Å². The third-order valence-electron chi connectivity index (χ3n) is 1.55. The van der Waals surface area contributed by atoms with Crippen molar-refractivity contribution in [3.05, 3.63) is 33.7 Å². The fraction of sp³-hybridized carbons (Fsp3) is 0.333. The molecule has 4 nitrogen and oxygen atoms in total. The molecule has 0 aliphatic rings. The molecular weight excluding hydrogens is 202 g/mol. The Morgan fingerprint density at radius 2 is 2.36 bits per heavy atom. The molecule has 0 atom stereocenters. The molecule has 0 fully saturated rings. The Kier molecular flexibility index (Phi) is 4.11. The van der Waals surface area contributed by atoms with Gasteiger partial charge in [-0.05, 0) is 24.1 Å². The second-order valence-electron chi connectivity index (χ2n) is 2.63. The predicted molar refractivity (Wildman–Crippen MR) is 56.0 cm³/mol. The van der Waals surface area contributed by atoms with Crippen molar-refractivity contribution in [2.24, 2.45) is 5.11 Å². The Morgan fingerprint density at radius 3 is 3.00 bits per heavy atom. The molecule has 0 saturated carbocycles. The van der Waals surface area contributed by atoms with E-state index >= 15 is 0 Å². The summed E-state index contributed by atoms with van der Waals surface area (Å²) in [6.45, 7) is 2.54. The number of azide groups is 1. The molecule has 74 valence electrons. The second-order valence-corrected chi connectivity index (χ2v) is 3.03. The van der Waals surface area contributed by atoms with Gasteiger partial charge >= 0.3 is 0 Å². The van der Waals surface area contributed by atoms with Crippen LogP contribution < -0.4 is 4.74 Å². The number of halogens is 1. The predicted octanol–water partition coefficient (Wildman–Crippen LogP) is 4.07. The summed E-state index contributed by atoms with van der Waals surface area (Å²) in [4.78, 5) is 2.70. The molecule has 0 saturated heterocycles. The summed E-state index contributed by atoms with van der Waals surface area (Å²) >= 11 is 5.89. The van der Waals surface area contributed by atoms with Gasteiger partial charge in [0.05, 0.1) is 17.3 Å². The zero-order valence-corrected chi connectivity index (χ0v) is 8.53. The van der Waals surface area contributed by atoms with E-state index < -0.39 is 0 Å². The fourth-order valence-corrected chi connectivity index (χ4v) is 1.20. The number of ether oxygens (including phenoxy) is 1. The molecule has 0 amide bonds. The van der Waals surface area contributed by atoms with Crippen LogP contribution in [0, 0.1) is 0 Å². The zero-order valence-electron chi connectivity index (χ0n) is 7.77. The maximum atomic E-state index is 8.32. The van der Waals surface area contributed by atoms with E-state index in [1.807, 2.05) is 6.92 Å². The molecule has 14 heavy (non-hydrogen) atoms. The highest BCUT2D eigenvalue weighted by Crippen LogP contribution is 2.35. The molecule has 0 unspecified atom stereocenters. The summed E-state index contributed by atoms with van der Waals surface area (Å²) < 4.78 is 5.37. The van der Waals surface area contributed by atoms with Gasteiger partial charge in [0.25, 0.3) is 0 Å². The first-order valence-electron chi connectivity index (χ1n) is 4.26. The normalized spacial score (nSPS) is 9.29. The van der Waals surface area contributed by atoms with Gasteiger partial charge in [0.1, 0.15) is 5.75 Å². The second kappa shape index (κ2) is 5.37. The van der Waals surface area contributed by atoms with Gasteiger partial charge in [-0.2, -0.15) is 0 Å². The minimum Gasteiger partial charge on any atom is -0.492 e. The van der Waals surface area contributed by atoms with Crippen molar-refractivity contribution in [2.75, 3.05) is 6.61 Å². The van der Waals surface area contributed by atoms with Crippen molar-refractivity contribution >= 4 is 17.3 Å². The molecule has 1 rings (SSSR count). The minimum atomic E-state index is 0.424. The van der Waals surface area contributed by atoms with E-state index in [9.17, 15) is 0 Å². The summed E-state index contributed by atoms with van der Waals surface area (Å²) in [6.07, 6.45) is 0.876. The van der Waals surface area contributed by atoms with E-state index in [1.165, 1.54) is 0 Å². The van der Waals surface area contributed by atoms with Crippen LogP contribution in [0.2, 0.25) is 5.02 Å². The quantitative estimate of drug-likeness (QED) is 0.421. The van der Waals surface area contributed by atoms with Crippen LogP contribution in [0.5, 0.6) is 5.75 Å². The van der Waals surface area contributed by atoms with Crippen molar-refractivity contribution in [2.45, 2.75) is 13.3 Å². The third kappa shape index (κ3) is 2.55. The summed E-state index contributed by atoms with van der Waals surface area (Å²) in [5, 5.41) is 3.95. The summed E-state index contributed by atoms with van der Waals surface area (Å²) in [7, 11) is 0. The van der Waals surface area contributed by atoms with E-state index in [2.05, 4.69) is 10.0 Å². The van der Waals surface area contributed by atoms with Gasteiger partial charge in [-0.25, -0.2) is 0 Å². The molecule has 0 spiro atoms. The Labute approximate surface area is 87.1 Å². The van der Waals surface area contributed by atoms with Crippen LogP contribution in [0.25, 0.3) is 10.4 Å². The smallest absolute Gasteiger partial charge is 0.147 e. The molecular formula is C9H10ClN3O. The highest BCUT2D eigenvalue weighted by atomic mass is 35.5. The maximum Gasteiger partial charge on any atom is 0.147 e. The largest absolute Gasteiger partial charge is 0.492 e. The molecule has 0 aliphatic carbocycles. The third-order valence-corrected chi connectivity index (χ3v) is 1.85. The molecule has 0 bridgehead atoms. The number of hydrogen-bond acceptors (Lipinski definition) is 2. The lowest BCUT2D eigenvalue weighted by Crippen LogP contribution is -1.95. The van der Waals surface area contributed by atoms with Gasteiger partial charge in [-0.3, -0.25) is 0 Å². The monoisotopic (exact) mass is 211 g/mol. The van der Waals surface area contributed by atoms with Crippen molar-refractivity contribution in [3.8, 4) is 5.75 Å². The van der Waals surface area contributed by atoms with Crippen LogP contribution in [-0.2, 0) is 0 Å². The Bertz CT molecular complexity index is 361. The summed E-state index contributed by atoms with van der Waals surface area (Å²) in [6, 6.07) is 5.07. The maximum absolute atomic E-state index is 8.32. The van der Waals surface area contributed by atoms with Crippen molar-refractivity contribution in [1.82, 2.24) is 0 Å². The van der Waals surface area contributed by atoms with E-state index in [0.717, 1.165) is 6.42 Å². The first kappa shape index (κ1) is 10.7. The fourth-order valence-electron chi connectivity index (χ4n) is 0.971. The summed E-state index contributed by atoms with van der Waals surface area (Å²) in [5.74, 6) is 0.453. The van der Waals surface area contributed by atoms with Crippen molar-refractivity contribution in [3.63, 3.8) is 0 Å². The van der Waals surface area contributed by atoms with Gasteiger partial charge in [0.2, 0.25) is 0 Å². The van der Waals surface area contributed by atoms with E-state index in [0.29, 0.717) is 23.1 Å². The molecule has 5 heteroatoms. The van der Waals surface area contributed by atoms with Crippen molar-refractivity contribution in [1.29, 1.82) is 0 Å². The van der Waals surface area contributed by atoms with Crippen LogP contribution in [0.4, 0.5) is 5.69 Å². The number of nitrogens with zero attached hydrogens (tertiary/aromatic N) is 3.